The molecule has 0 saturated heterocycles. The molecule has 1 N–H and O–H groups in total. The average molecular weight is 335 g/mol. The third-order valence-electron chi connectivity index (χ3n) is 3.30. The Morgan fingerprint density at radius 3 is 1.96 bits per heavy atom. The largest absolute Gasteiger partial charge is 0.416 e. The van der Waals surface area contributed by atoms with E-state index in [1.54, 1.807) is 0 Å². The van der Waals surface area contributed by atoms with Crippen molar-refractivity contribution >= 4 is 0 Å². The molecule has 2 nitrogen and oxygen atoms in total. The molecule has 0 aliphatic carbocycles. The van der Waals surface area contributed by atoms with E-state index in [4.69, 9.17) is 5.11 Å². The van der Waals surface area contributed by atoms with Crippen molar-refractivity contribution < 1.29 is 31.4 Å². The van der Waals surface area contributed by atoms with Crippen LogP contribution in [0, 0.1) is 6.92 Å². The predicted molar refractivity (Wildman–Crippen MR) is 70.3 cm³/mol. The summed E-state index contributed by atoms with van der Waals surface area (Å²) in [4.78, 5) is 3.94. The summed E-state index contributed by atoms with van der Waals surface area (Å²) in [7, 11) is 0. The first-order valence-electron chi connectivity index (χ1n) is 6.40. The van der Waals surface area contributed by atoms with Crippen molar-refractivity contribution in [2.45, 2.75) is 25.9 Å². The number of pyridine rings is 1. The summed E-state index contributed by atoms with van der Waals surface area (Å²) in [5, 5.41) is 9.08. The van der Waals surface area contributed by atoms with Crippen LogP contribution < -0.4 is 0 Å². The summed E-state index contributed by atoms with van der Waals surface area (Å²) >= 11 is 0. The highest BCUT2D eigenvalue weighted by Gasteiger charge is 2.35. The lowest BCUT2D eigenvalue weighted by Gasteiger charge is -2.15. The molecule has 0 aliphatic heterocycles. The van der Waals surface area contributed by atoms with Crippen LogP contribution in [0.1, 0.15) is 22.4 Å². The first kappa shape index (κ1) is 17.3. The Morgan fingerprint density at radius 2 is 1.52 bits per heavy atom. The van der Waals surface area contributed by atoms with Crippen molar-refractivity contribution in [1.29, 1.82) is 0 Å². The molecule has 0 saturated carbocycles. The fourth-order valence-corrected chi connectivity index (χ4v) is 2.13. The van der Waals surface area contributed by atoms with Gasteiger partial charge in [-0.25, -0.2) is 0 Å². The Hall–Kier alpha value is -2.09. The smallest absolute Gasteiger partial charge is 0.392 e. The highest BCUT2D eigenvalue weighted by atomic mass is 19.4. The van der Waals surface area contributed by atoms with E-state index < -0.39 is 30.1 Å². The minimum absolute atomic E-state index is 0.0303. The summed E-state index contributed by atoms with van der Waals surface area (Å²) in [5.41, 5.74) is -2.33. The van der Waals surface area contributed by atoms with E-state index in [9.17, 15) is 26.3 Å². The maximum Gasteiger partial charge on any atom is 0.416 e. The number of benzene rings is 1. The lowest BCUT2D eigenvalue weighted by Crippen LogP contribution is -2.12. The van der Waals surface area contributed by atoms with Gasteiger partial charge in [-0.05, 0) is 25.1 Å². The second-order valence-corrected chi connectivity index (χ2v) is 4.85. The van der Waals surface area contributed by atoms with Crippen molar-refractivity contribution in [2.75, 3.05) is 0 Å². The molecular formula is C15H11F6NO. The Balaban J connectivity index is 2.54. The van der Waals surface area contributed by atoms with Crippen molar-refractivity contribution in [3.05, 3.63) is 52.7 Å². The maximum atomic E-state index is 13.0. The van der Waals surface area contributed by atoms with Gasteiger partial charge in [-0.1, -0.05) is 12.1 Å². The number of aromatic nitrogens is 1. The average Bonchev–Trinajstić information content (AvgIpc) is 2.44. The van der Waals surface area contributed by atoms with E-state index in [-0.39, 0.29) is 22.5 Å². The van der Waals surface area contributed by atoms with Crippen LogP contribution in [0.15, 0.2) is 30.3 Å². The van der Waals surface area contributed by atoms with Crippen molar-refractivity contribution in [2.24, 2.45) is 0 Å². The summed E-state index contributed by atoms with van der Waals surface area (Å²) in [5.74, 6) is 0. The number of nitrogens with zero attached hydrogens (tertiary/aromatic N) is 1. The zero-order valence-corrected chi connectivity index (χ0v) is 11.8. The second kappa shape index (κ2) is 5.84. The highest BCUT2D eigenvalue weighted by molar-refractivity contribution is 5.62. The van der Waals surface area contributed by atoms with Gasteiger partial charge in [0.25, 0.3) is 0 Å². The van der Waals surface area contributed by atoms with Gasteiger partial charge < -0.3 is 5.11 Å². The Kier molecular flexibility index (Phi) is 4.39. The maximum absolute atomic E-state index is 13.0. The summed E-state index contributed by atoms with van der Waals surface area (Å²) in [6, 6.07) is 4.40. The number of halogens is 6. The zero-order chi connectivity index (χ0) is 17.4. The minimum Gasteiger partial charge on any atom is -0.392 e. The van der Waals surface area contributed by atoms with E-state index in [1.807, 2.05) is 0 Å². The van der Waals surface area contributed by atoms with Gasteiger partial charge in [-0.3, -0.25) is 4.98 Å². The molecular weight excluding hydrogens is 324 g/mol. The lowest BCUT2D eigenvalue weighted by atomic mass is 10.0. The molecule has 2 aromatic rings. The van der Waals surface area contributed by atoms with E-state index in [1.165, 1.54) is 6.92 Å². The topological polar surface area (TPSA) is 33.1 Å². The number of aryl methyl sites for hydroxylation is 1. The molecule has 23 heavy (non-hydrogen) atoms. The van der Waals surface area contributed by atoms with Gasteiger partial charge in [0.2, 0.25) is 0 Å². The molecule has 0 spiro atoms. The fourth-order valence-electron chi connectivity index (χ4n) is 2.13. The van der Waals surface area contributed by atoms with Crippen LogP contribution in [0.3, 0.4) is 0 Å². The summed E-state index contributed by atoms with van der Waals surface area (Å²) in [6.07, 6.45) is -9.23. The fraction of sp³-hybridized carbons (Fsp3) is 0.267. The van der Waals surface area contributed by atoms with Crippen LogP contribution in [0.2, 0.25) is 0 Å². The van der Waals surface area contributed by atoms with Gasteiger partial charge in [-0.15, -0.1) is 0 Å². The monoisotopic (exact) mass is 335 g/mol. The van der Waals surface area contributed by atoms with Crippen molar-refractivity contribution in [3.63, 3.8) is 0 Å². The molecule has 8 heteroatoms. The third kappa shape index (κ3) is 3.64. The number of hydrogen-bond donors (Lipinski definition) is 1. The second-order valence-electron chi connectivity index (χ2n) is 4.85. The van der Waals surface area contributed by atoms with Gasteiger partial charge in [-0.2, -0.15) is 26.3 Å². The molecule has 0 amide bonds. The molecule has 2 rings (SSSR count). The molecule has 0 radical (unpaired) electrons. The number of rotatable bonds is 2. The Labute approximate surface area is 127 Å². The molecule has 0 unspecified atom stereocenters. The molecule has 0 bridgehead atoms. The van der Waals surface area contributed by atoms with E-state index in [0.29, 0.717) is 0 Å². The first-order chi connectivity index (χ1) is 10.5. The molecule has 1 aromatic carbocycles. The molecule has 0 atom stereocenters. The molecule has 0 aliphatic rings. The Bertz CT molecular complexity index is 704. The zero-order valence-electron chi connectivity index (χ0n) is 11.8. The van der Waals surface area contributed by atoms with E-state index >= 15 is 0 Å². The quantitative estimate of drug-likeness (QED) is 0.815. The van der Waals surface area contributed by atoms with Gasteiger partial charge in [0.15, 0.2) is 0 Å². The van der Waals surface area contributed by atoms with Gasteiger partial charge in [0.1, 0.15) is 0 Å². The van der Waals surface area contributed by atoms with E-state index in [2.05, 4.69) is 4.98 Å². The standard InChI is InChI=1S/C15H11F6NO/c1-8-11(7-23)12(15(19,20)21)6-13(22-8)9-2-4-10(5-3-9)14(16,17)18/h2-6,23H,7H2,1H3. The third-order valence-corrected chi connectivity index (χ3v) is 3.30. The molecule has 1 heterocycles. The summed E-state index contributed by atoms with van der Waals surface area (Å²) in [6.45, 7) is 0.468. The molecule has 1 aromatic heterocycles. The summed E-state index contributed by atoms with van der Waals surface area (Å²) < 4.78 is 76.7. The molecule has 124 valence electrons. The van der Waals surface area contributed by atoms with Crippen LogP contribution in [0.4, 0.5) is 26.3 Å². The predicted octanol–water partition coefficient (Wildman–Crippen LogP) is 4.59. The number of aliphatic hydroxyl groups excluding tert-OH is 1. The number of hydrogen-bond acceptors (Lipinski definition) is 2. The normalized spacial score (nSPS) is 12.5. The van der Waals surface area contributed by atoms with E-state index in [0.717, 1.165) is 30.3 Å². The van der Waals surface area contributed by atoms with Crippen LogP contribution in [0.25, 0.3) is 11.3 Å². The van der Waals surface area contributed by atoms with Gasteiger partial charge >= 0.3 is 12.4 Å². The van der Waals surface area contributed by atoms with Crippen molar-refractivity contribution in [1.82, 2.24) is 4.98 Å². The van der Waals surface area contributed by atoms with Crippen LogP contribution in [-0.2, 0) is 19.0 Å². The Morgan fingerprint density at radius 1 is 0.957 bits per heavy atom. The van der Waals surface area contributed by atoms with Crippen LogP contribution >= 0.6 is 0 Å². The van der Waals surface area contributed by atoms with Gasteiger partial charge in [0.05, 0.1) is 23.4 Å². The molecule has 0 fully saturated rings. The van der Waals surface area contributed by atoms with Gasteiger partial charge in [0, 0.05) is 16.8 Å². The lowest BCUT2D eigenvalue weighted by molar-refractivity contribution is -0.139. The number of alkyl halides is 6. The first-order valence-corrected chi connectivity index (χ1v) is 6.40. The van der Waals surface area contributed by atoms with Crippen LogP contribution in [-0.4, -0.2) is 10.1 Å². The SMILES string of the molecule is Cc1nc(-c2ccc(C(F)(F)F)cc2)cc(C(F)(F)F)c1CO. The highest BCUT2D eigenvalue weighted by Crippen LogP contribution is 2.36. The minimum atomic E-state index is -4.70. The van der Waals surface area contributed by atoms with Crippen LogP contribution in [0.5, 0.6) is 0 Å². The number of aliphatic hydroxyl groups is 1. The van der Waals surface area contributed by atoms with Crippen molar-refractivity contribution in [3.8, 4) is 11.3 Å².